The normalized spacial score (nSPS) is 25.2. The summed E-state index contributed by atoms with van der Waals surface area (Å²) in [5.74, 6) is -0.105. The third-order valence-corrected chi connectivity index (χ3v) is 4.44. The highest BCUT2D eigenvalue weighted by Gasteiger charge is 2.34. The van der Waals surface area contributed by atoms with Crippen LogP contribution >= 0.6 is 0 Å². The summed E-state index contributed by atoms with van der Waals surface area (Å²) in [5.41, 5.74) is 0. The zero-order chi connectivity index (χ0) is 16.4. The summed E-state index contributed by atoms with van der Waals surface area (Å²) in [5, 5.41) is 2.83. The Morgan fingerprint density at radius 3 is 2.52 bits per heavy atom. The predicted molar refractivity (Wildman–Crippen MR) is 81.5 cm³/mol. The van der Waals surface area contributed by atoms with E-state index < -0.39 is 0 Å². The van der Waals surface area contributed by atoms with Crippen molar-refractivity contribution < 1.29 is 18.8 Å². The van der Waals surface area contributed by atoms with Gasteiger partial charge in [-0.05, 0) is 25.5 Å². The first kappa shape index (κ1) is 15.6. The van der Waals surface area contributed by atoms with Crippen LogP contribution in [0.2, 0.25) is 0 Å². The summed E-state index contributed by atoms with van der Waals surface area (Å²) in [4.78, 5) is 39.8. The van der Waals surface area contributed by atoms with Crippen LogP contribution in [-0.4, -0.2) is 59.7 Å². The molecule has 2 aliphatic heterocycles. The van der Waals surface area contributed by atoms with E-state index in [9.17, 15) is 14.4 Å². The van der Waals surface area contributed by atoms with E-state index in [2.05, 4.69) is 5.32 Å². The molecule has 3 amide bonds. The molecular weight excluding hydrogens is 298 g/mol. The van der Waals surface area contributed by atoms with Crippen LogP contribution in [0.3, 0.4) is 0 Å². The van der Waals surface area contributed by atoms with E-state index in [-0.39, 0.29) is 36.1 Å². The van der Waals surface area contributed by atoms with Crippen molar-refractivity contribution in [3.8, 4) is 0 Å². The Balaban J connectivity index is 1.55. The summed E-state index contributed by atoms with van der Waals surface area (Å²) in [6.07, 6.45) is 2.41. The second-order valence-corrected chi connectivity index (χ2v) is 6.20. The molecule has 7 nitrogen and oxygen atoms in total. The van der Waals surface area contributed by atoms with Crippen LogP contribution in [0.25, 0.3) is 0 Å². The minimum Gasteiger partial charge on any atom is -0.459 e. The highest BCUT2D eigenvalue weighted by Crippen LogP contribution is 2.21. The van der Waals surface area contributed by atoms with Gasteiger partial charge in [0.25, 0.3) is 5.91 Å². The molecular formula is C16H21N3O4. The molecule has 1 aromatic rings. The van der Waals surface area contributed by atoms with Gasteiger partial charge in [-0.3, -0.25) is 14.4 Å². The van der Waals surface area contributed by atoms with Gasteiger partial charge in [-0.25, -0.2) is 0 Å². The van der Waals surface area contributed by atoms with Gasteiger partial charge in [-0.15, -0.1) is 0 Å². The molecule has 7 heteroatoms. The lowest BCUT2D eigenvalue weighted by atomic mass is 9.91. The van der Waals surface area contributed by atoms with Gasteiger partial charge in [0, 0.05) is 44.6 Å². The molecule has 3 rings (SSSR count). The average molecular weight is 319 g/mol. The van der Waals surface area contributed by atoms with Crippen molar-refractivity contribution in [2.45, 2.75) is 25.8 Å². The lowest BCUT2D eigenvalue weighted by Gasteiger charge is -2.37. The van der Waals surface area contributed by atoms with E-state index in [4.69, 9.17) is 4.42 Å². The molecule has 2 saturated heterocycles. The van der Waals surface area contributed by atoms with E-state index in [0.29, 0.717) is 38.4 Å². The molecule has 1 aromatic heterocycles. The second-order valence-electron chi connectivity index (χ2n) is 6.20. The first-order valence-corrected chi connectivity index (χ1v) is 7.95. The molecule has 0 aliphatic carbocycles. The summed E-state index contributed by atoms with van der Waals surface area (Å²) >= 11 is 0. The molecule has 0 aromatic carbocycles. The second kappa shape index (κ2) is 6.44. The van der Waals surface area contributed by atoms with Crippen LogP contribution in [0.4, 0.5) is 0 Å². The van der Waals surface area contributed by atoms with Gasteiger partial charge < -0.3 is 19.5 Å². The van der Waals surface area contributed by atoms with Crippen LogP contribution in [-0.2, 0) is 9.59 Å². The zero-order valence-corrected chi connectivity index (χ0v) is 13.2. The number of furan rings is 1. The molecule has 0 saturated carbocycles. The number of piperazine rings is 1. The molecule has 0 radical (unpaired) electrons. The van der Waals surface area contributed by atoms with Crippen molar-refractivity contribution >= 4 is 17.7 Å². The predicted octanol–water partition coefficient (Wildman–Crippen LogP) is 0.479. The van der Waals surface area contributed by atoms with Crippen molar-refractivity contribution in [1.82, 2.24) is 15.1 Å². The molecule has 3 heterocycles. The van der Waals surface area contributed by atoms with Crippen molar-refractivity contribution in [3.63, 3.8) is 0 Å². The molecule has 2 fully saturated rings. The minimum absolute atomic E-state index is 0.0248. The number of carbonyl (C=O) groups is 3. The Hall–Kier alpha value is -2.31. The highest BCUT2D eigenvalue weighted by molar-refractivity contribution is 5.92. The Morgan fingerprint density at radius 2 is 1.91 bits per heavy atom. The van der Waals surface area contributed by atoms with Gasteiger partial charge in [0.15, 0.2) is 5.76 Å². The fraction of sp³-hybridized carbons (Fsp3) is 0.562. The van der Waals surface area contributed by atoms with E-state index in [1.807, 2.05) is 6.92 Å². The van der Waals surface area contributed by atoms with Crippen LogP contribution < -0.4 is 5.32 Å². The standard InChI is InChI=1S/C16H21N3O4/c1-11-9-12(10-14(20)17-11)15(21)18-4-6-19(7-5-18)16(22)13-3-2-8-23-13/h2-3,8,11-12H,4-7,9-10H2,1H3,(H,17,20)/t11-,12+/m1/s1. The first-order valence-electron chi connectivity index (χ1n) is 7.95. The van der Waals surface area contributed by atoms with Gasteiger partial charge in [0.1, 0.15) is 0 Å². The number of nitrogens with zero attached hydrogens (tertiary/aromatic N) is 2. The molecule has 0 unspecified atom stereocenters. The summed E-state index contributed by atoms with van der Waals surface area (Å²) in [6.45, 7) is 3.88. The lowest BCUT2D eigenvalue weighted by Crippen LogP contribution is -2.53. The van der Waals surface area contributed by atoms with Crippen LogP contribution in [0.5, 0.6) is 0 Å². The monoisotopic (exact) mass is 319 g/mol. The fourth-order valence-electron chi connectivity index (χ4n) is 3.26. The van der Waals surface area contributed by atoms with Crippen molar-refractivity contribution in [1.29, 1.82) is 0 Å². The average Bonchev–Trinajstić information content (AvgIpc) is 3.07. The van der Waals surface area contributed by atoms with Gasteiger partial charge >= 0.3 is 0 Å². The van der Waals surface area contributed by atoms with Crippen molar-refractivity contribution in [3.05, 3.63) is 24.2 Å². The van der Waals surface area contributed by atoms with Gasteiger partial charge in [0.2, 0.25) is 11.8 Å². The first-order chi connectivity index (χ1) is 11.0. The van der Waals surface area contributed by atoms with Crippen molar-refractivity contribution in [2.24, 2.45) is 5.92 Å². The van der Waals surface area contributed by atoms with Crippen LogP contribution in [0.1, 0.15) is 30.3 Å². The maximum atomic E-state index is 12.6. The molecule has 1 N–H and O–H groups in total. The van der Waals surface area contributed by atoms with Gasteiger partial charge in [-0.1, -0.05) is 0 Å². The van der Waals surface area contributed by atoms with Crippen molar-refractivity contribution in [2.75, 3.05) is 26.2 Å². The summed E-state index contributed by atoms with van der Waals surface area (Å²) < 4.78 is 5.13. The third kappa shape index (κ3) is 3.38. The molecule has 23 heavy (non-hydrogen) atoms. The highest BCUT2D eigenvalue weighted by atomic mass is 16.3. The third-order valence-electron chi connectivity index (χ3n) is 4.44. The molecule has 0 bridgehead atoms. The lowest BCUT2D eigenvalue weighted by molar-refractivity contribution is -0.142. The number of amides is 3. The number of piperidine rings is 1. The Labute approximate surface area is 134 Å². The van der Waals surface area contributed by atoms with E-state index >= 15 is 0 Å². The Bertz CT molecular complexity index is 590. The quantitative estimate of drug-likeness (QED) is 0.859. The summed E-state index contributed by atoms with van der Waals surface area (Å²) in [7, 11) is 0. The zero-order valence-electron chi connectivity index (χ0n) is 13.2. The number of rotatable bonds is 2. The molecule has 2 aliphatic rings. The molecule has 2 atom stereocenters. The van der Waals surface area contributed by atoms with Crippen LogP contribution in [0, 0.1) is 5.92 Å². The number of carbonyl (C=O) groups excluding carboxylic acids is 3. The Kier molecular flexibility index (Phi) is 4.36. The molecule has 0 spiro atoms. The maximum absolute atomic E-state index is 12.6. The Morgan fingerprint density at radius 1 is 1.22 bits per heavy atom. The smallest absolute Gasteiger partial charge is 0.289 e. The largest absolute Gasteiger partial charge is 0.459 e. The topological polar surface area (TPSA) is 82.9 Å². The van der Waals surface area contributed by atoms with Gasteiger partial charge in [0.05, 0.1) is 6.26 Å². The van der Waals surface area contributed by atoms with E-state index in [1.165, 1.54) is 6.26 Å². The van der Waals surface area contributed by atoms with Gasteiger partial charge in [-0.2, -0.15) is 0 Å². The SMILES string of the molecule is C[C@@H]1C[C@H](C(=O)N2CCN(C(=O)c3ccco3)CC2)CC(=O)N1. The molecule has 124 valence electrons. The number of hydrogen-bond acceptors (Lipinski definition) is 4. The number of nitrogens with one attached hydrogen (secondary N) is 1. The van der Waals surface area contributed by atoms with E-state index in [1.54, 1.807) is 21.9 Å². The van der Waals surface area contributed by atoms with Crippen LogP contribution in [0.15, 0.2) is 22.8 Å². The maximum Gasteiger partial charge on any atom is 0.289 e. The summed E-state index contributed by atoms with van der Waals surface area (Å²) in [6, 6.07) is 3.36. The van der Waals surface area contributed by atoms with E-state index in [0.717, 1.165) is 0 Å². The number of hydrogen-bond donors (Lipinski definition) is 1. The fourth-order valence-corrected chi connectivity index (χ4v) is 3.26. The minimum atomic E-state index is -0.244.